The Morgan fingerprint density at radius 3 is 2.27 bits per heavy atom. The van der Waals surface area contributed by atoms with Gasteiger partial charge in [-0.25, -0.2) is 0 Å². The SMILES string of the molecule is COc1ccc(C(=O)N2CCN(c3ccc([N+](=O)[O-])c(C)c3)CC2)cc1. The monoisotopic (exact) mass is 355 g/mol. The average molecular weight is 355 g/mol. The molecule has 136 valence electrons. The molecular formula is C19H21N3O4. The normalized spacial score (nSPS) is 14.2. The molecule has 1 saturated heterocycles. The number of nitrogens with zero attached hydrogens (tertiary/aromatic N) is 3. The van der Waals surface area contributed by atoms with Gasteiger partial charge in [-0.15, -0.1) is 0 Å². The number of anilines is 1. The highest BCUT2D eigenvalue weighted by Gasteiger charge is 2.23. The molecule has 0 bridgehead atoms. The molecule has 1 fully saturated rings. The average Bonchev–Trinajstić information content (AvgIpc) is 2.67. The molecule has 1 aliphatic rings. The summed E-state index contributed by atoms with van der Waals surface area (Å²) in [6.07, 6.45) is 0. The Balaban J connectivity index is 1.64. The molecule has 1 heterocycles. The molecule has 7 heteroatoms. The van der Waals surface area contributed by atoms with Gasteiger partial charge in [-0.3, -0.25) is 14.9 Å². The van der Waals surface area contributed by atoms with Gasteiger partial charge in [0, 0.05) is 49.1 Å². The smallest absolute Gasteiger partial charge is 0.272 e. The highest BCUT2D eigenvalue weighted by Crippen LogP contribution is 2.25. The van der Waals surface area contributed by atoms with Crippen molar-refractivity contribution in [2.45, 2.75) is 6.92 Å². The summed E-state index contributed by atoms with van der Waals surface area (Å²) in [5.41, 5.74) is 2.36. The molecule has 0 aliphatic carbocycles. The standard InChI is InChI=1S/C19H21N3O4/c1-14-13-16(5-8-18(14)22(24)25)20-9-11-21(12-10-20)19(23)15-3-6-17(26-2)7-4-15/h3-8,13H,9-12H2,1-2H3. The van der Waals surface area contributed by atoms with Gasteiger partial charge in [0.1, 0.15) is 5.75 Å². The van der Waals surface area contributed by atoms with Gasteiger partial charge in [0.05, 0.1) is 12.0 Å². The molecule has 0 N–H and O–H groups in total. The molecule has 2 aromatic rings. The number of nitro groups is 1. The molecule has 0 spiro atoms. The predicted molar refractivity (Wildman–Crippen MR) is 98.9 cm³/mol. The zero-order valence-corrected chi connectivity index (χ0v) is 14.8. The molecule has 1 amide bonds. The fraction of sp³-hybridized carbons (Fsp3) is 0.316. The van der Waals surface area contributed by atoms with Crippen molar-refractivity contribution < 1.29 is 14.5 Å². The third-order valence-corrected chi connectivity index (χ3v) is 4.65. The molecule has 0 aromatic heterocycles. The summed E-state index contributed by atoms with van der Waals surface area (Å²) >= 11 is 0. The van der Waals surface area contributed by atoms with Crippen LogP contribution in [0.2, 0.25) is 0 Å². The third-order valence-electron chi connectivity index (χ3n) is 4.65. The van der Waals surface area contributed by atoms with Crippen molar-refractivity contribution in [3.63, 3.8) is 0 Å². The van der Waals surface area contributed by atoms with E-state index in [1.165, 1.54) is 0 Å². The second-order valence-corrected chi connectivity index (χ2v) is 6.24. The Hall–Kier alpha value is -3.09. The van der Waals surface area contributed by atoms with Crippen LogP contribution < -0.4 is 9.64 Å². The maximum absolute atomic E-state index is 12.6. The topological polar surface area (TPSA) is 75.9 Å². The highest BCUT2D eigenvalue weighted by atomic mass is 16.6. The fourth-order valence-corrected chi connectivity index (χ4v) is 3.13. The van der Waals surface area contributed by atoms with E-state index in [9.17, 15) is 14.9 Å². The van der Waals surface area contributed by atoms with Gasteiger partial charge in [-0.05, 0) is 43.3 Å². The van der Waals surface area contributed by atoms with Crippen LogP contribution >= 0.6 is 0 Å². The first-order valence-electron chi connectivity index (χ1n) is 8.43. The van der Waals surface area contributed by atoms with E-state index in [0.29, 0.717) is 37.3 Å². The molecule has 0 radical (unpaired) electrons. The van der Waals surface area contributed by atoms with Gasteiger partial charge in [-0.2, -0.15) is 0 Å². The summed E-state index contributed by atoms with van der Waals surface area (Å²) in [7, 11) is 1.59. The molecule has 1 aliphatic heterocycles. The fourth-order valence-electron chi connectivity index (χ4n) is 3.13. The second kappa shape index (κ2) is 7.43. The van der Waals surface area contributed by atoms with Crippen LogP contribution in [0, 0.1) is 17.0 Å². The van der Waals surface area contributed by atoms with Crippen LogP contribution in [0.5, 0.6) is 5.75 Å². The number of carbonyl (C=O) groups is 1. The number of aryl methyl sites for hydroxylation is 1. The van der Waals surface area contributed by atoms with E-state index in [-0.39, 0.29) is 16.5 Å². The van der Waals surface area contributed by atoms with E-state index < -0.39 is 0 Å². The molecular weight excluding hydrogens is 334 g/mol. The number of ether oxygens (including phenoxy) is 1. The zero-order valence-electron chi connectivity index (χ0n) is 14.8. The Kier molecular flexibility index (Phi) is 5.06. The Labute approximate surface area is 151 Å². The van der Waals surface area contributed by atoms with Gasteiger partial charge in [-0.1, -0.05) is 0 Å². The van der Waals surface area contributed by atoms with Crippen LogP contribution in [0.25, 0.3) is 0 Å². The van der Waals surface area contributed by atoms with E-state index in [2.05, 4.69) is 4.90 Å². The van der Waals surface area contributed by atoms with Gasteiger partial charge >= 0.3 is 0 Å². The van der Waals surface area contributed by atoms with Crippen molar-refractivity contribution in [1.29, 1.82) is 0 Å². The molecule has 3 rings (SSSR count). The van der Waals surface area contributed by atoms with Crippen molar-refractivity contribution in [3.8, 4) is 5.75 Å². The molecule has 2 aromatic carbocycles. The minimum absolute atomic E-state index is 0.00665. The molecule has 26 heavy (non-hydrogen) atoms. The number of benzene rings is 2. The van der Waals surface area contributed by atoms with Gasteiger partial charge in [0.25, 0.3) is 11.6 Å². The van der Waals surface area contributed by atoms with Crippen LogP contribution in [0.3, 0.4) is 0 Å². The van der Waals surface area contributed by atoms with E-state index >= 15 is 0 Å². The lowest BCUT2D eigenvalue weighted by Crippen LogP contribution is -2.48. The van der Waals surface area contributed by atoms with Crippen LogP contribution in [0.4, 0.5) is 11.4 Å². The Bertz CT molecular complexity index is 812. The first-order chi connectivity index (χ1) is 12.5. The third kappa shape index (κ3) is 3.61. The Morgan fingerprint density at radius 1 is 1.08 bits per heavy atom. The molecule has 0 atom stereocenters. The van der Waals surface area contributed by atoms with E-state index in [1.807, 2.05) is 11.0 Å². The molecule has 0 saturated carbocycles. The van der Waals surface area contributed by atoms with E-state index in [4.69, 9.17) is 4.74 Å². The van der Waals surface area contributed by atoms with Crippen molar-refractivity contribution in [2.75, 3.05) is 38.2 Å². The predicted octanol–water partition coefficient (Wildman–Crippen LogP) is 2.87. The lowest BCUT2D eigenvalue weighted by molar-refractivity contribution is -0.385. The van der Waals surface area contributed by atoms with E-state index in [0.717, 1.165) is 11.4 Å². The number of carbonyl (C=O) groups excluding carboxylic acids is 1. The highest BCUT2D eigenvalue weighted by molar-refractivity contribution is 5.94. The minimum Gasteiger partial charge on any atom is -0.497 e. The van der Waals surface area contributed by atoms with Gasteiger partial charge in [0.15, 0.2) is 0 Å². The summed E-state index contributed by atoms with van der Waals surface area (Å²) < 4.78 is 5.12. The summed E-state index contributed by atoms with van der Waals surface area (Å²) in [5.74, 6) is 0.729. The van der Waals surface area contributed by atoms with Crippen LogP contribution in [0.15, 0.2) is 42.5 Å². The summed E-state index contributed by atoms with van der Waals surface area (Å²) in [6, 6.07) is 12.2. The van der Waals surface area contributed by atoms with Crippen molar-refractivity contribution >= 4 is 17.3 Å². The van der Waals surface area contributed by atoms with Crippen molar-refractivity contribution in [2.24, 2.45) is 0 Å². The summed E-state index contributed by atoms with van der Waals surface area (Å²) in [6.45, 7) is 4.35. The number of hydrogen-bond acceptors (Lipinski definition) is 5. The number of nitro benzene ring substituents is 1. The van der Waals surface area contributed by atoms with Crippen molar-refractivity contribution in [3.05, 3.63) is 63.7 Å². The summed E-state index contributed by atoms with van der Waals surface area (Å²) in [4.78, 5) is 27.2. The lowest BCUT2D eigenvalue weighted by Gasteiger charge is -2.36. The maximum Gasteiger partial charge on any atom is 0.272 e. The largest absolute Gasteiger partial charge is 0.497 e. The minimum atomic E-state index is -0.370. The van der Waals surface area contributed by atoms with Gasteiger partial charge < -0.3 is 14.5 Å². The molecule has 0 unspecified atom stereocenters. The first-order valence-corrected chi connectivity index (χ1v) is 8.43. The van der Waals surface area contributed by atoms with Crippen LogP contribution in [0.1, 0.15) is 15.9 Å². The first kappa shape index (κ1) is 17.7. The summed E-state index contributed by atoms with van der Waals surface area (Å²) in [5, 5.41) is 10.9. The number of rotatable bonds is 4. The number of piperazine rings is 1. The number of methoxy groups -OCH3 is 1. The maximum atomic E-state index is 12.6. The van der Waals surface area contributed by atoms with Crippen LogP contribution in [-0.2, 0) is 0 Å². The quantitative estimate of drug-likeness (QED) is 0.623. The lowest BCUT2D eigenvalue weighted by atomic mass is 10.1. The zero-order chi connectivity index (χ0) is 18.7. The molecule has 7 nitrogen and oxygen atoms in total. The van der Waals surface area contributed by atoms with Crippen LogP contribution in [-0.4, -0.2) is 49.0 Å². The van der Waals surface area contributed by atoms with E-state index in [1.54, 1.807) is 50.4 Å². The second-order valence-electron chi connectivity index (χ2n) is 6.24. The van der Waals surface area contributed by atoms with Crippen molar-refractivity contribution in [1.82, 2.24) is 4.90 Å². The number of hydrogen-bond donors (Lipinski definition) is 0. The Morgan fingerprint density at radius 2 is 1.73 bits per heavy atom. The van der Waals surface area contributed by atoms with Gasteiger partial charge in [0.2, 0.25) is 0 Å². The number of amides is 1.